The number of rotatable bonds is 3. The van der Waals surface area contributed by atoms with Crippen LogP contribution in [0.5, 0.6) is 0 Å². The third-order valence-corrected chi connectivity index (χ3v) is 1.92. The van der Waals surface area contributed by atoms with Crippen molar-refractivity contribution in [2.24, 2.45) is 0 Å². The van der Waals surface area contributed by atoms with E-state index in [-0.39, 0.29) is 18.1 Å². The Hall–Kier alpha value is -0.900. The molecule has 0 aromatic carbocycles. The molecule has 1 aliphatic heterocycles. The molecule has 0 aromatic heterocycles. The number of nitrogens with one attached hydrogen (secondary N) is 1. The van der Waals surface area contributed by atoms with Gasteiger partial charge in [-0.3, -0.25) is 10.1 Å². The molecule has 0 bridgehead atoms. The van der Waals surface area contributed by atoms with Crippen LogP contribution in [0.25, 0.3) is 0 Å². The summed E-state index contributed by atoms with van der Waals surface area (Å²) in [6.07, 6.45) is 2.26. The lowest BCUT2D eigenvalue weighted by Gasteiger charge is -2.09. The lowest BCUT2D eigenvalue weighted by atomic mass is 10.2. The van der Waals surface area contributed by atoms with Crippen LogP contribution in [0.15, 0.2) is 0 Å². The highest BCUT2D eigenvalue weighted by Gasteiger charge is 2.29. The summed E-state index contributed by atoms with van der Waals surface area (Å²) in [5, 5.41) is 2.88. The summed E-state index contributed by atoms with van der Waals surface area (Å²) in [5.74, 6) is -0.248. The van der Waals surface area contributed by atoms with Gasteiger partial charge in [0, 0.05) is 0 Å². The zero-order chi connectivity index (χ0) is 8.97. The van der Waals surface area contributed by atoms with Crippen LogP contribution in [-0.2, 0) is 14.3 Å². The SMILES string of the molecule is CCOC(=O)C1CCC(C=O)N1. The van der Waals surface area contributed by atoms with E-state index in [1.54, 1.807) is 6.92 Å². The summed E-state index contributed by atoms with van der Waals surface area (Å²) in [6.45, 7) is 2.16. The Morgan fingerprint density at radius 3 is 2.92 bits per heavy atom. The second kappa shape index (κ2) is 4.21. The quantitative estimate of drug-likeness (QED) is 0.474. The standard InChI is InChI=1S/C8H13NO3/c1-2-12-8(11)7-4-3-6(5-10)9-7/h5-7,9H,2-4H2,1H3. The zero-order valence-electron chi connectivity index (χ0n) is 7.08. The van der Waals surface area contributed by atoms with E-state index in [9.17, 15) is 9.59 Å². The molecule has 2 unspecified atom stereocenters. The molecule has 0 radical (unpaired) electrons. The molecule has 0 aromatic rings. The maximum atomic E-state index is 11.1. The summed E-state index contributed by atoms with van der Waals surface area (Å²) in [4.78, 5) is 21.4. The fraction of sp³-hybridized carbons (Fsp3) is 0.750. The molecule has 1 heterocycles. The molecule has 0 amide bonds. The second-order valence-corrected chi connectivity index (χ2v) is 2.79. The highest BCUT2D eigenvalue weighted by Crippen LogP contribution is 2.11. The topological polar surface area (TPSA) is 55.4 Å². The maximum absolute atomic E-state index is 11.1. The molecule has 0 aliphatic carbocycles. The second-order valence-electron chi connectivity index (χ2n) is 2.79. The molecule has 1 rings (SSSR count). The minimum atomic E-state index is -0.278. The molecule has 0 spiro atoms. The fourth-order valence-corrected chi connectivity index (χ4v) is 1.31. The first-order valence-corrected chi connectivity index (χ1v) is 4.16. The average Bonchev–Trinajstić information content (AvgIpc) is 2.52. The summed E-state index contributed by atoms with van der Waals surface area (Å²) in [6, 6.07) is -0.445. The summed E-state index contributed by atoms with van der Waals surface area (Å²) in [5.41, 5.74) is 0. The maximum Gasteiger partial charge on any atom is 0.323 e. The minimum Gasteiger partial charge on any atom is -0.465 e. The van der Waals surface area contributed by atoms with E-state index >= 15 is 0 Å². The molecular weight excluding hydrogens is 158 g/mol. The van der Waals surface area contributed by atoms with Crippen molar-refractivity contribution in [3.63, 3.8) is 0 Å². The van der Waals surface area contributed by atoms with Crippen molar-refractivity contribution in [1.82, 2.24) is 5.32 Å². The molecule has 1 aliphatic rings. The van der Waals surface area contributed by atoms with Crippen molar-refractivity contribution >= 4 is 12.3 Å². The van der Waals surface area contributed by atoms with Crippen molar-refractivity contribution in [2.45, 2.75) is 31.8 Å². The van der Waals surface area contributed by atoms with Crippen LogP contribution < -0.4 is 5.32 Å². The Morgan fingerprint density at radius 1 is 1.67 bits per heavy atom. The van der Waals surface area contributed by atoms with Crippen LogP contribution in [0.1, 0.15) is 19.8 Å². The number of carbonyl (C=O) groups is 2. The first-order chi connectivity index (χ1) is 5.77. The average molecular weight is 171 g/mol. The fourth-order valence-electron chi connectivity index (χ4n) is 1.31. The van der Waals surface area contributed by atoms with Crippen molar-refractivity contribution < 1.29 is 14.3 Å². The number of hydrogen-bond acceptors (Lipinski definition) is 4. The molecule has 4 heteroatoms. The van der Waals surface area contributed by atoms with Crippen LogP contribution in [-0.4, -0.2) is 30.9 Å². The van der Waals surface area contributed by atoms with E-state index in [1.165, 1.54) is 0 Å². The van der Waals surface area contributed by atoms with Crippen LogP contribution in [0, 0.1) is 0 Å². The molecule has 1 saturated heterocycles. The Morgan fingerprint density at radius 2 is 2.42 bits per heavy atom. The van der Waals surface area contributed by atoms with Crippen LogP contribution in [0.3, 0.4) is 0 Å². The Labute approximate surface area is 71.3 Å². The van der Waals surface area contributed by atoms with Crippen LogP contribution in [0.2, 0.25) is 0 Å². The normalized spacial score (nSPS) is 28.4. The van der Waals surface area contributed by atoms with E-state index in [4.69, 9.17) is 4.74 Å². The van der Waals surface area contributed by atoms with Gasteiger partial charge in [0.05, 0.1) is 12.6 Å². The Balaban J connectivity index is 2.35. The highest BCUT2D eigenvalue weighted by molar-refractivity contribution is 5.77. The van der Waals surface area contributed by atoms with E-state index in [1.807, 2.05) is 0 Å². The van der Waals surface area contributed by atoms with Gasteiger partial charge in [-0.25, -0.2) is 0 Å². The largest absolute Gasteiger partial charge is 0.465 e. The predicted molar refractivity (Wildman–Crippen MR) is 42.6 cm³/mol. The van der Waals surface area contributed by atoms with Gasteiger partial charge < -0.3 is 9.53 Å². The first kappa shape index (κ1) is 9.19. The zero-order valence-corrected chi connectivity index (χ0v) is 7.08. The first-order valence-electron chi connectivity index (χ1n) is 4.16. The predicted octanol–water partition coefficient (Wildman–Crippen LogP) is -0.131. The number of hydrogen-bond donors (Lipinski definition) is 1. The molecule has 1 N–H and O–H groups in total. The Bertz CT molecular complexity index is 181. The number of esters is 1. The van der Waals surface area contributed by atoms with Crippen LogP contribution >= 0.6 is 0 Å². The van der Waals surface area contributed by atoms with Gasteiger partial charge in [-0.05, 0) is 19.8 Å². The van der Waals surface area contributed by atoms with E-state index in [0.717, 1.165) is 12.7 Å². The Kier molecular flexibility index (Phi) is 3.22. The van der Waals surface area contributed by atoms with Gasteiger partial charge in [-0.2, -0.15) is 0 Å². The molecule has 4 nitrogen and oxygen atoms in total. The van der Waals surface area contributed by atoms with Gasteiger partial charge in [0.2, 0.25) is 0 Å². The molecule has 1 fully saturated rings. The summed E-state index contributed by atoms with van der Waals surface area (Å²) < 4.78 is 4.80. The number of carbonyl (C=O) groups excluding carboxylic acids is 2. The van der Waals surface area contributed by atoms with E-state index < -0.39 is 0 Å². The molecular formula is C8H13NO3. The lowest BCUT2D eigenvalue weighted by molar-refractivity contribution is -0.145. The van der Waals surface area contributed by atoms with E-state index in [0.29, 0.717) is 13.0 Å². The van der Waals surface area contributed by atoms with Gasteiger partial charge in [-0.1, -0.05) is 0 Å². The van der Waals surface area contributed by atoms with E-state index in [2.05, 4.69) is 5.32 Å². The van der Waals surface area contributed by atoms with Crippen molar-refractivity contribution in [3.05, 3.63) is 0 Å². The van der Waals surface area contributed by atoms with Crippen molar-refractivity contribution in [2.75, 3.05) is 6.61 Å². The molecule has 2 atom stereocenters. The van der Waals surface area contributed by atoms with Crippen molar-refractivity contribution in [3.8, 4) is 0 Å². The van der Waals surface area contributed by atoms with Gasteiger partial charge in [0.25, 0.3) is 0 Å². The van der Waals surface area contributed by atoms with Crippen molar-refractivity contribution in [1.29, 1.82) is 0 Å². The lowest BCUT2D eigenvalue weighted by Crippen LogP contribution is -2.37. The summed E-state index contributed by atoms with van der Waals surface area (Å²) in [7, 11) is 0. The van der Waals surface area contributed by atoms with Gasteiger partial charge >= 0.3 is 5.97 Å². The minimum absolute atomic E-state index is 0.167. The third-order valence-electron chi connectivity index (χ3n) is 1.92. The third kappa shape index (κ3) is 2.04. The molecule has 68 valence electrons. The number of ether oxygens (including phenoxy) is 1. The van der Waals surface area contributed by atoms with Crippen LogP contribution in [0.4, 0.5) is 0 Å². The molecule has 0 saturated carbocycles. The summed E-state index contributed by atoms with van der Waals surface area (Å²) >= 11 is 0. The van der Waals surface area contributed by atoms with Gasteiger partial charge in [0.15, 0.2) is 0 Å². The van der Waals surface area contributed by atoms with Gasteiger partial charge in [-0.15, -0.1) is 0 Å². The van der Waals surface area contributed by atoms with Gasteiger partial charge in [0.1, 0.15) is 12.3 Å². The monoisotopic (exact) mass is 171 g/mol. The molecule has 12 heavy (non-hydrogen) atoms. The smallest absolute Gasteiger partial charge is 0.323 e. The highest BCUT2D eigenvalue weighted by atomic mass is 16.5. The number of aldehydes is 1.